The molecule has 0 aromatic carbocycles. The monoisotopic (exact) mass is 157 g/mol. The van der Waals surface area contributed by atoms with Crippen LogP contribution in [0.25, 0.3) is 0 Å². The Hall–Kier alpha value is -0.570. The molecule has 0 amide bonds. The molecule has 64 valence electrons. The van der Waals surface area contributed by atoms with Gasteiger partial charge in [0, 0.05) is 0 Å². The molecule has 1 heterocycles. The fourth-order valence-corrected chi connectivity index (χ4v) is 1.42. The lowest BCUT2D eigenvalue weighted by Gasteiger charge is -2.16. The second-order valence-electron chi connectivity index (χ2n) is 3.05. The largest absolute Gasteiger partial charge is 0.480 e. The van der Waals surface area contributed by atoms with E-state index in [1.165, 1.54) is 12.8 Å². The highest BCUT2D eigenvalue weighted by Crippen LogP contribution is 2.09. The predicted molar refractivity (Wildman–Crippen MR) is 42.5 cm³/mol. The first-order valence-electron chi connectivity index (χ1n) is 4.27. The summed E-state index contributed by atoms with van der Waals surface area (Å²) in [6.45, 7) is 0.858. The van der Waals surface area contributed by atoms with Gasteiger partial charge in [0.05, 0.1) is 0 Å². The van der Waals surface area contributed by atoms with Gasteiger partial charge in [-0.3, -0.25) is 4.79 Å². The average Bonchev–Trinajstić information content (AvgIpc) is 1.84. The lowest BCUT2D eigenvalue weighted by Crippen LogP contribution is -2.37. The van der Waals surface area contributed by atoms with Gasteiger partial charge in [-0.25, -0.2) is 0 Å². The summed E-state index contributed by atoms with van der Waals surface area (Å²) in [7, 11) is 0. The van der Waals surface area contributed by atoms with Crippen molar-refractivity contribution in [3.63, 3.8) is 0 Å². The lowest BCUT2D eigenvalue weighted by atomic mass is 10.0. The van der Waals surface area contributed by atoms with Crippen LogP contribution >= 0.6 is 0 Å². The molecule has 3 nitrogen and oxygen atoms in total. The van der Waals surface area contributed by atoms with Gasteiger partial charge in [0.2, 0.25) is 0 Å². The molecule has 1 atom stereocenters. The van der Waals surface area contributed by atoms with Gasteiger partial charge in [0.25, 0.3) is 0 Å². The van der Waals surface area contributed by atoms with Gasteiger partial charge < -0.3 is 10.4 Å². The quantitative estimate of drug-likeness (QED) is 0.597. The summed E-state index contributed by atoms with van der Waals surface area (Å²) < 4.78 is 0. The molecule has 1 rings (SSSR count). The minimum Gasteiger partial charge on any atom is -0.480 e. The van der Waals surface area contributed by atoms with Gasteiger partial charge in [-0.15, -0.1) is 0 Å². The Labute approximate surface area is 66.8 Å². The third-order valence-corrected chi connectivity index (χ3v) is 2.11. The highest BCUT2D eigenvalue weighted by atomic mass is 16.4. The van der Waals surface area contributed by atoms with E-state index in [2.05, 4.69) is 5.32 Å². The van der Waals surface area contributed by atoms with Crippen molar-refractivity contribution < 1.29 is 9.90 Å². The van der Waals surface area contributed by atoms with Crippen molar-refractivity contribution in [3.8, 4) is 0 Å². The predicted octanol–water partition coefficient (Wildman–Crippen LogP) is 0.993. The first kappa shape index (κ1) is 8.53. The molecule has 1 aliphatic rings. The zero-order valence-electron chi connectivity index (χ0n) is 6.68. The average molecular weight is 157 g/mol. The van der Waals surface area contributed by atoms with Crippen molar-refractivity contribution in [1.82, 2.24) is 5.32 Å². The Balaban J connectivity index is 2.32. The Bertz CT molecular complexity index is 128. The number of rotatable bonds is 1. The van der Waals surface area contributed by atoms with E-state index in [0.717, 1.165) is 25.8 Å². The highest BCUT2D eigenvalue weighted by Gasteiger charge is 2.16. The lowest BCUT2D eigenvalue weighted by molar-refractivity contribution is -0.139. The maximum Gasteiger partial charge on any atom is 0.320 e. The molecule has 0 radical (unpaired) electrons. The molecule has 11 heavy (non-hydrogen) atoms. The third-order valence-electron chi connectivity index (χ3n) is 2.11. The van der Waals surface area contributed by atoms with Crippen LogP contribution in [0.5, 0.6) is 0 Å². The third kappa shape index (κ3) is 2.89. The van der Waals surface area contributed by atoms with Crippen LogP contribution in [0.3, 0.4) is 0 Å². The second kappa shape index (κ2) is 4.34. The SMILES string of the molecule is O=C(O)C1CCCCCCN1. The number of carboxylic acid groups (broad SMARTS) is 1. The zero-order chi connectivity index (χ0) is 8.10. The Morgan fingerprint density at radius 1 is 1.27 bits per heavy atom. The van der Waals surface area contributed by atoms with E-state index in [1.54, 1.807) is 0 Å². The number of aliphatic carboxylic acids is 1. The van der Waals surface area contributed by atoms with Crippen molar-refractivity contribution in [2.45, 2.75) is 38.1 Å². The van der Waals surface area contributed by atoms with Gasteiger partial charge in [-0.2, -0.15) is 0 Å². The molecule has 0 saturated carbocycles. The molecule has 3 heteroatoms. The number of carboxylic acids is 1. The summed E-state index contributed by atoms with van der Waals surface area (Å²) in [4.78, 5) is 10.6. The van der Waals surface area contributed by atoms with E-state index in [1.807, 2.05) is 0 Å². The van der Waals surface area contributed by atoms with Crippen LogP contribution in [0.15, 0.2) is 0 Å². The summed E-state index contributed by atoms with van der Waals surface area (Å²) in [6, 6.07) is -0.296. The number of hydrogen-bond acceptors (Lipinski definition) is 2. The van der Waals surface area contributed by atoms with Crippen molar-refractivity contribution in [3.05, 3.63) is 0 Å². The molecule has 1 saturated heterocycles. The van der Waals surface area contributed by atoms with Gasteiger partial charge in [-0.1, -0.05) is 19.3 Å². The van der Waals surface area contributed by atoms with Gasteiger partial charge in [-0.05, 0) is 19.4 Å². The Morgan fingerprint density at radius 3 is 2.73 bits per heavy atom. The van der Waals surface area contributed by atoms with Crippen LogP contribution in [-0.2, 0) is 4.79 Å². The first-order chi connectivity index (χ1) is 5.30. The number of carbonyl (C=O) groups is 1. The van der Waals surface area contributed by atoms with Crippen molar-refractivity contribution in [2.75, 3.05) is 6.54 Å². The molecule has 0 bridgehead atoms. The molecule has 1 fully saturated rings. The standard InChI is InChI=1S/C8H15NO2/c10-8(11)7-5-3-1-2-4-6-9-7/h7,9H,1-6H2,(H,10,11). The summed E-state index contributed by atoms with van der Waals surface area (Å²) in [5.74, 6) is -0.702. The molecule has 0 spiro atoms. The summed E-state index contributed by atoms with van der Waals surface area (Å²) in [5, 5.41) is 11.7. The fourth-order valence-electron chi connectivity index (χ4n) is 1.42. The molecule has 0 aliphatic carbocycles. The van der Waals surface area contributed by atoms with Gasteiger partial charge in [0.15, 0.2) is 0 Å². The van der Waals surface area contributed by atoms with E-state index >= 15 is 0 Å². The minimum absolute atomic E-state index is 0.296. The molecular formula is C8H15NO2. The van der Waals surface area contributed by atoms with E-state index in [0.29, 0.717) is 0 Å². The van der Waals surface area contributed by atoms with E-state index in [4.69, 9.17) is 5.11 Å². The maximum atomic E-state index is 10.6. The van der Waals surface area contributed by atoms with Crippen LogP contribution in [0.1, 0.15) is 32.1 Å². The molecule has 1 aliphatic heterocycles. The molecule has 2 N–H and O–H groups in total. The topological polar surface area (TPSA) is 49.3 Å². The zero-order valence-corrected chi connectivity index (χ0v) is 6.68. The fraction of sp³-hybridized carbons (Fsp3) is 0.875. The highest BCUT2D eigenvalue weighted by molar-refractivity contribution is 5.73. The van der Waals surface area contributed by atoms with E-state index in [-0.39, 0.29) is 6.04 Å². The van der Waals surface area contributed by atoms with Crippen LogP contribution in [0.2, 0.25) is 0 Å². The van der Waals surface area contributed by atoms with E-state index in [9.17, 15) is 4.79 Å². The summed E-state index contributed by atoms with van der Waals surface area (Å²) in [5.41, 5.74) is 0. The molecule has 0 aromatic rings. The van der Waals surface area contributed by atoms with Crippen LogP contribution in [0, 0.1) is 0 Å². The number of hydrogen-bond donors (Lipinski definition) is 2. The maximum absolute atomic E-state index is 10.6. The second-order valence-corrected chi connectivity index (χ2v) is 3.05. The minimum atomic E-state index is -0.702. The van der Waals surface area contributed by atoms with Gasteiger partial charge >= 0.3 is 5.97 Å². The van der Waals surface area contributed by atoms with Crippen molar-refractivity contribution >= 4 is 5.97 Å². The molecular weight excluding hydrogens is 142 g/mol. The summed E-state index contributed by atoms with van der Waals surface area (Å²) >= 11 is 0. The first-order valence-corrected chi connectivity index (χ1v) is 4.27. The van der Waals surface area contributed by atoms with Crippen LogP contribution in [0.4, 0.5) is 0 Å². The molecule has 1 unspecified atom stereocenters. The van der Waals surface area contributed by atoms with Crippen molar-refractivity contribution in [2.24, 2.45) is 0 Å². The van der Waals surface area contributed by atoms with E-state index < -0.39 is 5.97 Å². The van der Waals surface area contributed by atoms with Crippen LogP contribution in [-0.4, -0.2) is 23.7 Å². The number of nitrogens with one attached hydrogen (secondary N) is 1. The van der Waals surface area contributed by atoms with Gasteiger partial charge in [0.1, 0.15) is 6.04 Å². The van der Waals surface area contributed by atoms with Crippen LogP contribution < -0.4 is 5.32 Å². The Morgan fingerprint density at radius 2 is 2.00 bits per heavy atom. The normalized spacial score (nSPS) is 27.1. The smallest absolute Gasteiger partial charge is 0.320 e. The van der Waals surface area contributed by atoms with Crippen molar-refractivity contribution in [1.29, 1.82) is 0 Å². The Kier molecular flexibility index (Phi) is 3.36. The molecule has 0 aromatic heterocycles. The summed E-state index contributed by atoms with van der Waals surface area (Å²) in [6.07, 6.45) is 5.37.